The number of aryl methyl sites for hydroxylation is 1. The zero-order valence-corrected chi connectivity index (χ0v) is 8.97. The van der Waals surface area contributed by atoms with E-state index in [1.807, 2.05) is 13.0 Å². The molecule has 2 heterocycles. The van der Waals surface area contributed by atoms with Gasteiger partial charge in [0.15, 0.2) is 0 Å². The summed E-state index contributed by atoms with van der Waals surface area (Å²) in [4.78, 5) is 8.44. The molecule has 0 saturated carbocycles. The van der Waals surface area contributed by atoms with Crippen LogP contribution in [0.25, 0.3) is 0 Å². The Morgan fingerprint density at radius 3 is 3.07 bits per heavy atom. The van der Waals surface area contributed by atoms with E-state index in [1.54, 1.807) is 6.20 Å². The average molecular weight is 215 g/mol. The normalized spacial score (nSPS) is 20.2. The smallest absolute Gasteiger partial charge is 0.223 e. The highest BCUT2D eigenvalue weighted by Crippen LogP contribution is 2.05. The summed E-state index contributed by atoms with van der Waals surface area (Å²) in [5.41, 5.74) is 1.00. The van der Waals surface area contributed by atoms with Crippen molar-refractivity contribution in [2.75, 3.05) is 18.4 Å². The summed E-state index contributed by atoms with van der Waals surface area (Å²) < 4.78 is 0. The first-order valence-corrected chi connectivity index (χ1v) is 4.61. The Labute approximate surface area is 89.9 Å². The zero-order chi connectivity index (χ0) is 9.10. The van der Waals surface area contributed by atoms with Gasteiger partial charge in [-0.05, 0) is 26.0 Å². The molecule has 1 unspecified atom stereocenters. The van der Waals surface area contributed by atoms with Crippen LogP contribution in [0.4, 0.5) is 5.95 Å². The van der Waals surface area contributed by atoms with Crippen molar-refractivity contribution < 1.29 is 0 Å². The highest BCUT2D eigenvalue weighted by atomic mass is 35.5. The summed E-state index contributed by atoms with van der Waals surface area (Å²) in [6.07, 6.45) is 2.93. The zero-order valence-electron chi connectivity index (χ0n) is 8.16. The molecule has 1 saturated heterocycles. The van der Waals surface area contributed by atoms with Crippen LogP contribution in [0.1, 0.15) is 12.1 Å². The second-order valence-corrected chi connectivity index (χ2v) is 3.36. The Hall–Kier alpha value is -0.870. The summed E-state index contributed by atoms with van der Waals surface area (Å²) in [6.45, 7) is 4.07. The van der Waals surface area contributed by atoms with Crippen molar-refractivity contribution >= 4 is 18.4 Å². The number of hydrogen-bond donors (Lipinski definition) is 2. The van der Waals surface area contributed by atoms with Gasteiger partial charge in [-0.3, -0.25) is 0 Å². The van der Waals surface area contributed by atoms with Gasteiger partial charge >= 0.3 is 0 Å². The minimum absolute atomic E-state index is 0. The van der Waals surface area contributed by atoms with E-state index in [-0.39, 0.29) is 12.4 Å². The molecule has 0 radical (unpaired) electrons. The Balaban J connectivity index is 0.000000980. The number of nitrogens with one attached hydrogen (secondary N) is 2. The molecule has 1 fully saturated rings. The van der Waals surface area contributed by atoms with E-state index in [4.69, 9.17) is 0 Å². The van der Waals surface area contributed by atoms with E-state index in [0.29, 0.717) is 6.04 Å². The van der Waals surface area contributed by atoms with E-state index < -0.39 is 0 Å². The van der Waals surface area contributed by atoms with E-state index in [1.165, 1.54) is 0 Å². The van der Waals surface area contributed by atoms with Crippen LogP contribution in [0.3, 0.4) is 0 Å². The van der Waals surface area contributed by atoms with Gasteiger partial charge in [-0.2, -0.15) is 0 Å². The third-order valence-corrected chi connectivity index (χ3v) is 2.19. The predicted molar refractivity (Wildman–Crippen MR) is 58.9 cm³/mol. The number of hydrogen-bond acceptors (Lipinski definition) is 4. The molecule has 78 valence electrons. The van der Waals surface area contributed by atoms with Crippen molar-refractivity contribution in [3.63, 3.8) is 0 Å². The molecule has 0 amide bonds. The molecular weight excluding hydrogens is 200 g/mol. The second kappa shape index (κ2) is 5.12. The van der Waals surface area contributed by atoms with Crippen molar-refractivity contribution in [3.8, 4) is 0 Å². The molecular formula is C9H15ClN4. The molecule has 14 heavy (non-hydrogen) atoms. The highest BCUT2D eigenvalue weighted by Gasteiger charge is 2.14. The first-order chi connectivity index (χ1) is 6.34. The van der Waals surface area contributed by atoms with Crippen LogP contribution in [-0.4, -0.2) is 29.1 Å². The molecule has 4 nitrogen and oxygen atoms in total. The van der Waals surface area contributed by atoms with Crippen molar-refractivity contribution in [2.24, 2.45) is 0 Å². The van der Waals surface area contributed by atoms with Crippen molar-refractivity contribution in [3.05, 3.63) is 18.0 Å². The molecule has 1 aliphatic heterocycles. The predicted octanol–water partition coefficient (Wildman–Crippen LogP) is 0.981. The van der Waals surface area contributed by atoms with Crippen molar-refractivity contribution in [1.82, 2.24) is 15.3 Å². The summed E-state index contributed by atoms with van der Waals surface area (Å²) in [5.74, 6) is 0.744. The molecule has 1 atom stereocenters. The van der Waals surface area contributed by atoms with Crippen molar-refractivity contribution in [2.45, 2.75) is 19.4 Å². The highest BCUT2D eigenvalue weighted by molar-refractivity contribution is 5.85. The standard InChI is InChI=1S/C9H14N4.ClH/c1-7-2-5-11-9(12-7)13-8-3-4-10-6-8;/h2,5,8,10H,3-4,6H2,1H3,(H,11,12,13);1H. The molecule has 1 aliphatic rings. The fourth-order valence-electron chi connectivity index (χ4n) is 1.48. The number of anilines is 1. The van der Waals surface area contributed by atoms with Crippen LogP contribution < -0.4 is 10.6 Å². The Morgan fingerprint density at radius 1 is 1.57 bits per heavy atom. The van der Waals surface area contributed by atoms with Gasteiger partial charge < -0.3 is 10.6 Å². The van der Waals surface area contributed by atoms with Crippen LogP contribution in [0.5, 0.6) is 0 Å². The molecule has 0 aromatic carbocycles. The molecule has 2 N–H and O–H groups in total. The van der Waals surface area contributed by atoms with E-state index in [9.17, 15) is 0 Å². The first kappa shape index (κ1) is 11.2. The van der Waals surface area contributed by atoms with Gasteiger partial charge in [0, 0.05) is 24.5 Å². The Kier molecular flexibility index (Phi) is 4.10. The maximum Gasteiger partial charge on any atom is 0.223 e. The van der Waals surface area contributed by atoms with Gasteiger partial charge in [0.05, 0.1) is 0 Å². The van der Waals surface area contributed by atoms with E-state index in [2.05, 4.69) is 20.6 Å². The Bertz CT molecular complexity index is 286. The van der Waals surface area contributed by atoms with Gasteiger partial charge in [0.2, 0.25) is 5.95 Å². The second-order valence-electron chi connectivity index (χ2n) is 3.36. The van der Waals surface area contributed by atoms with Crippen LogP contribution in [0.15, 0.2) is 12.3 Å². The first-order valence-electron chi connectivity index (χ1n) is 4.61. The van der Waals surface area contributed by atoms with Crippen LogP contribution in [0.2, 0.25) is 0 Å². The fraction of sp³-hybridized carbons (Fsp3) is 0.556. The summed E-state index contributed by atoms with van der Waals surface area (Å²) in [5, 5.41) is 6.59. The SMILES string of the molecule is Cc1ccnc(NC2CCNC2)n1.Cl. The van der Waals surface area contributed by atoms with Gasteiger partial charge in [-0.25, -0.2) is 9.97 Å². The lowest BCUT2D eigenvalue weighted by atomic mass is 10.3. The van der Waals surface area contributed by atoms with Gasteiger partial charge in [-0.15, -0.1) is 12.4 Å². The minimum atomic E-state index is 0. The molecule has 1 aromatic heterocycles. The fourth-order valence-corrected chi connectivity index (χ4v) is 1.48. The quantitative estimate of drug-likeness (QED) is 0.771. The molecule has 0 aliphatic carbocycles. The average Bonchev–Trinajstić information content (AvgIpc) is 2.57. The third-order valence-electron chi connectivity index (χ3n) is 2.19. The van der Waals surface area contributed by atoms with E-state index in [0.717, 1.165) is 31.2 Å². The van der Waals surface area contributed by atoms with Crippen LogP contribution in [0, 0.1) is 6.92 Å². The molecule has 1 aromatic rings. The van der Waals surface area contributed by atoms with Crippen LogP contribution in [-0.2, 0) is 0 Å². The monoisotopic (exact) mass is 214 g/mol. The van der Waals surface area contributed by atoms with Crippen molar-refractivity contribution in [1.29, 1.82) is 0 Å². The minimum Gasteiger partial charge on any atom is -0.350 e. The van der Waals surface area contributed by atoms with Gasteiger partial charge in [-0.1, -0.05) is 0 Å². The number of halogens is 1. The maximum absolute atomic E-state index is 4.29. The number of rotatable bonds is 2. The molecule has 5 heteroatoms. The molecule has 0 spiro atoms. The topological polar surface area (TPSA) is 49.8 Å². The third kappa shape index (κ3) is 2.82. The maximum atomic E-state index is 4.29. The molecule has 2 rings (SSSR count). The number of aromatic nitrogens is 2. The lowest BCUT2D eigenvalue weighted by molar-refractivity contribution is 0.779. The lowest BCUT2D eigenvalue weighted by Gasteiger charge is -2.10. The largest absolute Gasteiger partial charge is 0.350 e. The summed E-state index contributed by atoms with van der Waals surface area (Å²) in [6, 6.07) is 2.39. The lowest BCUT2D eigenvalue weighted by Crippen LogP contribution is -2.23. The van der Waals surface area contributed by atoms with Crippen LogP contribution >= 0.6 is 12.4 Å². The summed E-state index contributed by atoms with van der Waals surface area (Å²) in [7, 11) is 0. The summed E-state index contributed by atoms with van der Waals surface area (Å²) >= 11 is 0. The molecule has 0 bridgehead atoms. The Morgan fingerprint density at radius 2 is 2.43 bits per heavy atom. The number of nitrogens with zero attached hydrogens (tertiary/aromatic N) is 2. The van der Waals surface area contributed by atoms with Gasteiger partial charge in [0.25, 0.3) is 0 Å². The van der Waals surface area contributed by atoms with Gasteiger partial charge in [0.1, 0.15) is 0 Å². The van der Waals surface area contributed by atoms with E-state index >= 15 is 0 Å².